The maximum Gasteiger partial charge on any atom is 0.320 e. The zero-order valence-corrected chi connectivity index (χ0v) is 6.86. The van der Waals surface area contributed by atoms with Crippen LogP contribution in [0.3, 0.4) is 0 Å². The Hall–Kier alpha value is -0.220. The van der Waals surface area contributed by atoms with Crippen molar-refractivity contribution < 1.29 is 9.90 Å². The zero-order valence-electron chi connectivity index (χ0n) is 6.04. The second kappa shape index (κ2) is 5.56. The molecule has 0 aromatic carbocycles. The van der Waals surface area contributed by atoms with Crippen molar-refractivity contribution in [1.82, 2.24) is 0 Å². The number of carboxylic acid groups (broad SMARTS) is 1. The van der Waals surface area contributed by atoms with Crippen LogP contribution in [-0.2, 0) is 4.79 Å². The SMILES string of the molecule is CSCCC[C@H](N)C(=O)O. The first-order valence-corrected chi connectivity index (χ1v) is 4.55. The van der Waals surface area contributed by atoms with E-state index < -0.39 is 12.0 Å². The highest BCUT2D eigenvalue weighted by Gasteiger charge is 2.09. The molecule has 0 spiro atoms. The fourth-order valence-corrected chi connectivity index (χ4v) is 1.03. The van der Waals surface area contributed by atoms with E-state index in [0.29, 0.717) is 6.42 Å². The Kier molecular flexibility index (Phi) is 5.43. The minimum absolute atomic E-state index is 0.580. The monoisotopic (exact) mass is 163 g/mol. The van der Waals surface area contributed by atoms with Crippen molar-refractivity contribution >= 4 is 17.7 Å². The highest BCUT2D eigenvalue weighted by Crippen LogP contribution is 2.01. The van der Waals surface area contributed by atoms with E-state index >= 15 is 0 Å². The van der Waals surface area contributed by atoms with E-state index in [0.717, 1.165) is 12.2 Å². The number of hydrogen-bond acceptors (Lipinski definition) is 3. The molecule has 0 bridgehead atoms. The Morgan fingerprint density at radius 2 is 2.40 bits per heavy atom. The lowest BCUT2D eigenvalue weighted by Gasteiger charge is -2.03. The van der Waals surface area contributed by atoms with Crippen LogP contribution >= 0.6 is 11.8 Å². The van der Waals surface area contributed by atoms with E-state index in [1.165, 1.54) is 0 Å². The fourth-order valence-electron chi connectivity index (χ4n) is 0.571. The van der Waals surface area contributed by atoms with Crippen molar-refractivity contribution in [3.63, 3.8) is 0 Å². The first-order chi connectivity index (χ1) is 4.68. The minimum Gasteiger partial charge on any atom is -0.480 e. The molecule has 0 saturated carbocycles. The zero-order chi connectivity index (χ0) is 7.98. The molecular formula is C6H13NO2S. The van der Waals surface area contributed by atoms with Gasteiger partial charge >= 0.3 is 5.97 Å². The van der Waals surface area contributed by atoms with Crippen molar-refractivity contribution in [1.29, 1.82) is 0 Å². The quantitative estimate of drug-likeness (QED) is 0.581. The summed E-state index contributed by atoms with van der Waals surface area (Å²) >= 11 is 1.71. The van der Waals surface area contributed by atoms with E-state index in [9.17, 15) is 4.79 Å². The summed E-state index contributed by atoms with van der Waals surface area (Å²) in [6, 6.07) is -0.674. The van der Waals surface area contributed by atoms with Crippen LogP contribution in [0.25, 0.3) is 0 Å². The molecule has 60 valence electrons. The van der Waals surface area contributed by atoms with Crippen molar-refractivity contribution in [2.45, 2.75) is 18.9 Å². The molecule has 10 heavy (non-hydrogen) atoms. The van der Waals surface area contributed by atoms with Crippen LogP contribution in [0, 0.1) is 0 Å². The molecule has 1 atom stereocenters. The molecule has 0 heterocycles. The van der Waals surface area contributed by atoms with Gasteiger partial charge in [-0.3, -0.25) is 4.79 Å². The number of thioether (sulfide) groups is 1. The lowest BCUT2D eigenvalue weighted by Crippen LogP contribution is -2.29. The predicted octanol–water partition coefficient (Wildman–Crippen LogP) is 0.542. The van der Waals surface area contributed by atoms with Crippen LogP contribution in [0.4, 0.5) is 0 Å². The Balaban J connectivity index is 3.21. The molecule has 0 saturated heterocycles. The smallest absolute Gasteiger partial charge is 0.320 e. The van der Waals surface area contributed by atoms with Crippen molar-refractivity contribution in [2.75, 3.05) is 12.0 Å². The Morgan fingerprint density at radius 3 is 2.80 bits per heavy atom. The van der Waals surface area contributed by atoms with Gasteiger partial charge in [-0.1, -0.05) is 0 Å². The Bertz CT molecular complexity index is 108. The normalized spacial score (nSPS) is 13.0. The van der Waals surface area contributed by atoms with Crippen LogP contribution in [-0.4, -0.2) is 29.1 Å². The molecule has 0 aliphatic carbocycles. The molecule has 0 unspecified atom stereocenters. The van der Waals surface area contributed by atoms with Crippen molar-refractivity contribution in [3.05, 3.63) is 0 Å². The average Bonchev–Trinajstić information content (AvgIpc) is 1.88. The Morgan fingerprint density at radius 1 is 1.80 bits per heavy atom. The van der Waals surface area contributed by atoms with E-state index in [1.54, 1.807) is 11.8 Å². The molecule has 3 nitrogen and oxygen atoms in total. The van der Waals surface area contributed by atoms with Crippen LogP contribution in [0.2, 0.25) is 0 Å². The molecular weight excluding hydrogens is 150 g/mol. The van der Waals surface area contributed by atoms with Gasteiger partial charge < -0.3 is 10.8 Å². The van der Waals surface area contributed by atoms with Crippen molar-refractivity contribution in [3.8, 4) is 0 Å². The highest BCUT2D eigenvalue weighted by atomic mass is 32.2. The number of rotatable bonds is 5. The number of carboxylic acids is 1. The lowest BCUT2D eigenvalue weighted by atomic mass is 10.2. The molecule has 0 aromatic rings. The third-order valence-electron chi connectivity index (χ3n) is 1.18. The minimum atomic E-state index is -0.902. The molecule has 0 amide bonds. The van der Waals surface area contributed by atoms with Crippen LogP contribution in [0.5, 0.6) is 0 Å². The van der Waals surface area contributed by atoms with E-state index in [2.05, 4.69) is 0 Å². The fraction of sp³-hybridized carbons (Fsp3) is 0.833. The number of hydrogen-bond donors (Lipinski definition) is 2. The number of nitrogens with two attached hydrogens (primary N) is 1. The largest absolute Gasteiger partial charge is 0.480 e. The maximum atomic E-state index is 10.2. The predicted molar refractivity (Wildman–Crippen MR) is 43.2 cm³/mol. The molecule has 0 fully saturated rings. The first kappa shape index (κ1) is 9.78. The summed E-state index contributed by atoms with van der Waals surface area (Å²) in [7, 11) is 0. The average molecular weight is 163 g/mol. The molecule has 0 aliphatic rings. The summed E-state index contributed by atoms with van der Waals surface area (Å²) in [5.41, 5.74) is 5.25. The molecule has 0 rings (SSSR count). The first-order valence-electron chi connectivity index (χ1n) is 3.15. The highest BCUT2D eigenvalue weighted by molar-refractivity contribution is 7.98. The molecule has 3 N–H and O–H groups in total. The molecule has 0 radical (unpaired) electrons. The van der Waals surface area contributed by atoms with Crippen LogP contribution in [0.1, 0.15) is 12.8 Å². The van der Waals surface area contributed by atoms with E-state index in [4.69, 9.17) is 10.8 Å². The van der Waals surface area contributed by atoms with Crippen LogP contribution < -0.4 is 5.73 Å². The van der Waals surface area contributed by atoms with Gasteiger partial charge in [-0.05, 0) is 24.9 Å². The summed E-state index contributed by atoms with van der Waals surface area (Å²) in [6.45, 7) is 0. The van der Waals surface area contributed by atoms with Crippen LogP contribution in [0.15, 0.2) is 0 Å². The van der Waals surface area contributed by atoms with Gasteiger partial charge in [0.15, 0.2) is 0 Å². The van der Waals surface area contributed by atoms with E-state index in [-0.39, 0.29) is 0 Å². The van der Waals surface area contributed by atoms with Gasteiger partial charge in [-0.25, -0.2) is 0 Å². The Labute approximate surface area is 65.0 Å². The molecule has 0 aliphatic heterocycles. The van der Waals surface area contributed by atoms with Gasteiger partial charge in [0.2, 0.25) is 0 Å². The third-order valence-corrected chi connectivity index (χ3v) is 1.88. The summed E-state index contributed by atoms with van der Waals surface area (Å²) < 4.78 is 0. The summed E-state index contributed by atoms with van der Waals surface area (Å²) in [5, 5.41) is 8.35. The van der Waals surface area contributed by atoms with Gasteiger partial charge in [0.1, 0.15) is 6.04 Å². The number of carbonyl (C=O) groups is 1. The third kappa shape index (κ3) is 4.64. The molecule has 4 heteroatoms. The number of aliphatic carboxylic acids is 1. The maximum absolute atomic E-state index is 10.2. The standard InChI is InChI=1S/C6H13NO2S/c1-10-4-2-3-5(7)6(8)9/h5H,2-4,7H2,1H3,(H,8,9)/t5-/m0/s1. The summed E-state index contributed by atoms with van der Waals surface area (Å²) in [6.07, 6.45) is 3.46. The van der Waals surface area contributed by atoms with Gasteiger partial charge in [0.25, 0.3) is 0 Å². The van der Waals surface area contributed by atoms with Gasteiger partial charge in [0, 0.05) is 0 Å². The summed E-state index contributed by atoms with van der Waals surface area (Å²) in [4.78, 5) is 10.2. The second-order valence-corrected chi connectivity index (χ2v) is 3.07. The van der Waals surface area contributed by atoms with E-state index in [1.807, 2.05) is 6.26 Å². The van der Waals surface area contributed by atoms with Gasteiger partial charge in [-0.15, -0.1) is 0 Å². The summed E-state index contributed by atoms with van der Waals surface area (Å²) in [5.74, 6) is 0.0853. The molecule has 0 aromatic heterocycles. The van der Waals surface area contributed by atoms with Gasteiger partial charge in [0.05, 0.1) is 0 Å². The van der Waals surface area contributed by atoms with Crippen molar-refractivity contribution in [2.24, 2.45) is 5.73 Å². The second-order valence-electron chi connectivity index (χ2n) is 2.08. The topological polar surface area (TPSA) is 63.3 Å². The lowest BCUT2D eigenvalue weighted by molar-refractivity contribution is -0.138. The van der Waals surface area contributed by atoms with Gasteiger partial charge in [-0.2, -0.15) is 11.8 Å².